The minimum Gasteiger partial charge on any atom is -0.477 e. The van der Waals surface area contributed by atoms with Crippen LogP contribution >= 0.6 is 0 Å². The summed E-state index contributed by atoms with van der Waals surface area (Å²) < 4.78 is 16.4. The fraction of sp³-hybridized carbons (Fsp3) is 0.522. The lowest BCUT2D eigenvalue weighted by atomic mass is 10.0. The van der Waals surface area contributed by atoms with Crippen molar-refractivity contribution in [1.29, 1.82) is 0 Å². The van der Waals surface area contributed by atoms with Gasteiger partial charge in [0.15, 0.2) is 5.82 Å². The van der Waals surface area contributed by atoms with E-state index in [1.807, 2.05) is 18.7 Å². The van der Waals surface area contributed by atoms with Gasteiger partial charge in [0, 0.05) is 25.6 Å². The van der Waals surface area contributed by atoms with E-state index in [1.165, 1.54) is 6.07 Å². The summed E-state index contributed by atoms with van der Waals surface area (Å²) in [6, 6.07) is 1.41. The van der Waals surface area contributed by atoms with Crippen molar-refractivity contribution in [2.45, 2.75) is 58.4 Å². The highest BCUT2D eigenvalue weighted by Gasteiger charge is 2.32. The SMILES string of the molecule is Cc1c(N2CC[C@H](NC(=O)CC(C)C)C2)c(F)cn2c(=O)c(C(=O)O)cc(C3CC3)c12. The molecule has 3 heterocycles. The van der Waals surface area contributed by atoms with E-state index < -0.39 is 17.3 Å². The summed E-state index contributed by atoms with van der Waals surface area (Å²) in [4.78, 5) is 38.3. The maximum atomic E-state index is 15.2. The van der Waals surface area contributed by atoms with Gasteiger partial charge in [0.2, 0.25) is 5.91 Å². The molecule has 2 fully saturated rings. The number of aromatic nitrogens is 1. The van der Waals surface area contributed by atoms with Crippen LogP contribution in [0.3, 0.4) is 0 Å². The summed E-state index contributed by atoms with van der Waals surface area (Å²) in [6.45, 7) is 6.85. The number of carbonyl (C=O) groups is 2. The molecule has 0 bridgehead atoms. The molecule has 1 amide bonds. The molecule has 1 saturated carbocycles. The van der Waals surface area contributed by atoms with Gasteiger partial charge in [-0.05, 0) is 55.2 Å². The third-order valence-corrected chi connectivity index (χ3v) is 6.15. The summed E-state index contributed by atoms with van der Waals surface area (Å²) in [5, 5.41) is 12.5. The summed E-state index contributed by atoms with van der Waals surface area (Å²) in [5.41, 5.74) is 1.38. The first kappa shape index (κ1) is 21.3. The normalized spacial score (nSPS) is 18.7. The van der Waals surface area contributed by atoms with E-state index in [9.17, 15) is 19.5 Å². The summed E-state index contributed by atoms with van der Waals surface area (Å²) in [7, 11) is 0. The van der Waals surface area contributed by atoms with Gasteiger partial charge in [-0.2, -0.15) is 0 Å². The highest BCUT2D eigenvalue weighted by atomic mass is 19.1. The first-order chi connectivity index (χ1) is 14.7. The lowest BCUT2D eigenvalue weighted by Crippen LogP contribution is -2.37. The van der Waals surface area contributed by atoms with Crippen LogP contribution < -0.4 is 15.8 Å². The Hall–Kier alpha value is -2.90. The first-order valence-corrected chi connectivity index (χ1v) is 10.8. The van der Waals surface area contributed by atoms with Gasteiger partial charge in [-0.25, -0.2) is 9.18 Å². The van der Waals surface area contributed by atoms with Crippen LogP contribution in [0.2, 0.25) is 0 Å². The number of nitrogens with zero attached hydrogens (tertiary/aromatic N) is 2. The smallest absolute Gasteiger partial charge is 0.341 e. The molecule has 1 aliphatic heterocycles. The fourth-order valence-electron chi connectivity index (χ4n) is 4.63. The molecule has 1 atom stereocenters. The molecule has 2 aromatic rings. The number of pyridine rings is 2. The fourth-order valence-corrected chi connectivity index (χ4v) is 4.63. The van der Waals surface area contributed by atoms with Gasteiger partial charge in [-0.1, -0.05) is 13.8 Å². The molecule has 0 aromatic carbocycles. The molecular weight excluding hydrogens is 401 g/mol. The molecule has 7 nitrogen and oxygen atoms in total. The molecule has 2 aromatic heterocycles. The van der Waals surface area contributed by atoms with Crippen molar-refractivity contribution in [3.63, 3.8) is 0 Å². The van der Waals surface area contributed by atoms with Crippen molar-refractivity contribution in [1.82, 2.24) is 9.72 Å². The van der Waals surface area contributed by atoms with Crippen LogP contribution in [0.4, 0.5) is 10.1 Å². The van der Waals surface area contributed by atoms with Crippen molar-refractivity contribution in [2.24, 2.45) is 5.92 Å². The highest BCUT2D eigenvalue weighted by molar-refractivity contribution is 5.89. The second kappa shape index (κ2) is 7.98. The quantitative estimate of drug-likeness (QED) is 0.737. The molecule has 0 spiro atoms. The number of amides is 1. The molecule has 4 rings (SSSR count). The number of aromatic carboxylic acids is 1. The van der Waals surface area contributed by atoms with Gasteiger partial charge in [-0.15, -0.1) is 0 Å². The number of carboxylic acids is 1. The number of hydrogen-bond acceptors (Lipinski definition) is 4. The number of hydrogen-bond donors (Lipinski definition) is 2. The Labute approximate surface area is 179 Å². The predicted octanol–water partition coefficient (Wildman–Crippen LogP) is 3.06. The van der Waals surface area contributed by atoms with E-state index in [0.29, 0.717) is 42.7 Å². The van der Waals surface area contributed by atoms with Gasteiger partial charge >= 0.3 is 5.97 Å². The van der Waals surface area contributed by atoms with Crippen LogP contribution in [-0.4, -0.2) is 40.5 Å². The Morgan fingerprint density at radius 2 is 2.00 bits per heavy atom. The average molecular weight is 429 g/mol. The Morgan fingerprint density at radius 3 is 2.61 bits per heavy atom. The molecule has 0 unspecified atom stereocenters. The van der Waals surface area contributed by atoms with Crippen molar-refractivity contribution < 1.29 is 19.1 Å². The van der Waals surface area contributed by atoms with Crippen LogP contribution in [0.5, 0.6) is 0 Å². The number of rotatable bonds is 6. The standard InChI is InChI=1S/C23H28FN3O4/c1-12(2)8-19(28)25-15-6-7-26(10-15)21-13(3)20-16(14-4-5-14)9-17(23(30)31)22(29)27(20)11-18(21)24/h9,11-12,14-15H,4-8,10H2,1-3H3,(H,25,28)(H,30,31)/t15-/m0/s1. The molecule has 31 heavy (non-hydrogen) atoms. The van der Waals surface area contributed by atoms with Gasteiger partial charge in [0.05, 0.1) is 17.4 Å². The highest BCUT2D eigenvalue weighted by Crippen LogP contribution is 2.44. The molecular formula is C23H28FN3O4. The molecule has 8 heteroatoms. The number of nitrogens with one attached hydrogen (secondary N) is 1. The van der Waals surface area contributed by atoms with E-state index >= 15 is 4.39 Å². The van der Waals surface area contributed by atoms with Crippen molar-refractivity contribution in [3.05, 3.63) is 45.1 Å². The Bertz CT molecular complexity index is 1120. The van der Waals surface area contributed by atoms with Crippen LogP contribution in [0, 0.1) is 18.7 Å². The molecule has 1 aliphatic carbocycles. The summed E-state index contributed by atoms with van der Waals surface area (Å²) >= 11 is 0. The minimum atomic E-state index is -1.30. The number of halogens is 1. The van der Waals surface area contributed by atoms with Crippen molar-refractivity contribution >= 4 is 23.1 Å². The average Bonchev–Trinajstić information content (AvgIpc) is 3.42. The van der Waals surface area contributed by atoms with E-state index in [1.54, 1.807) is 6.92 Å². The molecule has 166 valence electrons. The monoisotopic (exact) mass is 429 g/mol. The number of carboxylic acid groups (broad SMARTS) is 1. The van der Waals surface area contributed by atoms with Crippen molar-refractivity contribution in [2.75, 3.05) is 18.0 Å². The third-order valence-electron chi connectivity index (χ3n) is 6.15. The third kappa shape index (κ3) is 4.03. The molecule has 2 aliphatic rings. The Morgan fingerprint density at radius 1 is 1.29 bits per heavy atom. The second-order valence-corrected chi connectivity index (χ2v) is 9.16. The lowest BCUT2D eigenvalue weighted by Gasteiger charge is -2.24. The topological polar surface area (TPSA) is 91.1 Å². The van der Waals surface area contributed by atoms with E-state index in [4.69, 9.17) is 0 Å². The molecule has 2 N–H and O–H groups in total. The van der Waals surface area contributed by atoms with E-state index in [2.05, 4.69) is 5.32 Å². The minimum absolute atomic E-state index is 0.00123. The predicted molar refractivity (Wildman–Crippen MR) is 116 cm³/mol. The maximum absolute atomic E-state index is 15.2. The van der Waals surface area contributed by atoms with Gasteiger partial charge in [0.1, 0.15) is 5.56 Å². The number of aryl methyl sites for hydroxylation is 1. The second-order valence-electron chi connectivity index (χ2n) is 9.16. The zero-order valence-electron chi connectivity index (χ0n) is 18.1. The summed E-state index contributed by atoms with van der Waals surface area (Å²) in [5.74, 6) is -1.41. The molecule has 1 saturated heterocycles. The first-order valence-electron chi connectivity index (χ1n) is 10.8. The van der Waals surface area contributed by atoms with Crippen molar-refractivity contribution in [3.8, 4) is 0 Å². The maximum Gasteiger partial charge on any atom is 0.341 e. The van der Waals surface area contributed by atoms with Gasteiger partial charge in [0.25, 0.3) is 5.56 Å². The number of anilines is 1. The Kier molecular flexibility index (Phi) is 5.49. The van der Waals surface area contributed by atoms with Crippen LogP contribution in [-0.2, 0) is 4.79 Å². The molecule has 0 radical (unpaired) electrons. The number of carbonyl (C=O) groups excluding carboxylic acids is 1. The number of fused-ring (bicyclic) bond motifs is 1. The van der Waals surface area contributed by atoms with E-state index in [-0.39, 0.29) is 29.3 Å². The largest absolute Gasteiger partial charge is 0.477 e. The van der Waals surface area contributed by atoms with Crippen LogP contribution in [0.25, 0.3) is 5.52 Å². The van der Waals surface area contributed by atoms with Gasteiger partial charge < -0.3 is 15.3 Å². The zero-order chi connectivity index (χ0) is 22.4. The Balaban J connectivity index is 1.72. The van der Waals surface area contributed by atoms with E-state index in [0.717, 1.165) is 29.0 Å². The zero-order valence-corrected chi connectivity index (χ0v) is 18.1. The lowest BCUT2D eigenvalue weighted by molar-refractivity contribution is -0.122. The van der Waals surface area contributed by atoms with Crippen LogP contribution in [0.1, 0.15) is 66.9 Å². The van der Waals surface area contributed by atoms with Gasteiger partial charge in [-0.3, -0.25) is 14.0 Å². The van der Waals surface area contributed by atoms with Crippen LogP contribution in [0.15, 0.2) is 17.1 Å². The summed E-state index contributed by atoms with van der Waals surface area (Å²) in [6.07, 6.45) is 4.13.